The first-order chi connectivity index (χ1) is 9.92. The van der Waals surface area contributed by atoms with Crippen LogP contribution in [0.5, 0.6) is 11.6 Å². The average Bonchev–Trinajstić information content (AvgIpc) is 2.37. The van der Waals surface area contributed by atoms with Gasteiger partial charge in [-0.2, -0.15) is 0 Å². The topological polar surface area (TPSA) is 34.2 Å². The summed E-state index contributed by atoms with van der Waals surface area (Å²) in [4.78, 5) is 4.56. The maximum Gasteiger partial charge on any atom is 0.224 e. The first-order valence-corrected chi connectivity index (χ1v) is 7.36. The number of nitrogens with zero attached hydrogens (tertiary/aromatic N) is 1. The van der Waals surface area contributed by atoms with Gasteiger partial charge in [0.2, 0.25) is 5.88 Å². The largest absolute Gasteiger partial charge is 0.438 e. The second kappa shape index (κ2) is 6.46. The van der Waals surface area contributed by atoms with E-state index in [9.17, 15) is 0 Å². The van der Waals surface area contributed by atoms with Gasteiger partial charge in [0.1, 0.15) is 5.75 Å². The summed E-state index contributed by atoms with van der Waals surface area (Å²) in [7, 11) is 1.92. The predicted octanol–water partition coefficient (Wildman–Crippen LogP) is 4.48. The van der Waals surface area contributed by atoms with Gasteiger partial charge >= 0.3 is 0 Å². The van der Waals surface area contributed by atoms with Crippen LogP contribution in [0.3, 0.4) is 0 Å². The van der Waals surface area contributed by atoms with Crippen LogP contribution < -0.4 is 10.1 Å². The number of aryl methyl sites for hydroxylation is 4. The van der Waals surface area contributed by atoms with Crippen molar-refractivity contribution in [2.45, 2.75) is 34.2 Å². The molecule has 1 heterocycles. The summed E-state index contributed by atoms with van der Waals surface area (Å²) in [5.74, 6) is 1.49. The van der Waals surface area contributed by atoms with Crippen LogP contribution in [0, 0.1) is 27.7 Å². The zero-order valence-corrected chi connectivity index (χ0v) is 13.9. The van der Waals surface area contributed by atoms with Gasteiger partial charge in [0, 0.05) is 22.8 Å². The van der Waals surface area contributed by atoms with Crippen LogP contribution in [-0.2, 0) is 6.54 Å². The van der Waals surface area contributed by atoms with Crippen molar-refractivity contribution in [2.24, 2.45) is 0 Å². The minimum Gasteiger partial charge on any atom is -0.438 e. The molecule has 0 aliphatic heterocycles. The molecule has 0 radical (unpaired) electrons. The van der Waals surface area contributed by atoms with Gasteiger partial charge in [-0.25, -0.2) is 4.98 Å². The van der Waals surface area contributed by atoms with Gasteiger partial charge in [-0.15, -0.1) is 0 Å². The third kappa shape index (κ3) is 3.55. The van der Waals surface area contributed by atoms with E-state index in [-0.39, 0.29) is 0 Å². The fraction of sp³-hybridized carbons (Fsp3) is 0.353. The summed E-state index contributed by atoms with van der Waals surface area (Å²) in [5, 5.41) is 3.89. The molecule has 2 rings (SSSR count). The molecule has 0 amide bonds. The fourth-order valence-corrected chi connectivity index (χ4v) is 2.79. The molecule has 1 N–H and O–H groups in total. The highest BCUT2D eigenvalue weighted by Crippen LogP contribution is 2.33. The molecule has 112 valence electrons. The smallest absolute Gasteiger partial charge is 0.224 e. The Morgan fingerprint density at radius 2 is 1.67 bits per heavy atom. The van der Waals surface area contributed by atoms with Crippen molar-refractivity contribution in [3.8, 4) is 11.6 Å². The van der Waals surface area contributed by atoms with Gasteiger partial charge in [-0.05, 0) is 69.6 Å². The Labute approximate surface area is 131 Å². The van der Waals surface area contributed by atoms with Crippen LogP contribution in [0.1, 0.15) is 27.9 Å². The third-order valence-electron chi connectivity index (χ3n) is 3.41. The lowest BCUT2D eigenvalue weighted by Crippen LogP contribution is -2.10. The van der Waals surface area contributed by atoms with Gasteiger partial charge in [0.15, 0.2) is 0 Å². The lowest BCUT2D eigenvalue weighted by atomic mass is 10.1. The summed E-state index contributed by atoms with van der Waals surface area (Å²) in [6, 6.07) is 5.88. The Morgan fingerprint density at radius 1 is 1.05 bits per heavy atom. The van der Waals surface area contributed by atoms with Gasteiger partial charge < -0.3 is 10.1 Å². The minimum atomic E-state index is 0.662. The molecule has 0 fully saturated rings. The number of nitrogens with one attached hydrogen (secondary N) is 1. The molecule has 0 unspecified atom stereocenters. The molecule has 2 aromatic rings. The van der Waals surface area contributed by atoms with E-state index in [2.05, 4.69) is 23.3 Å². The summed E-state index contributed by atoms with van der Waals surface area (Å²) < 4.78 is 6.13. The van der Waals surface area contributed by atoms with E-state index in [1.54, 1.807) is 0 Å². The number of hydrogen-bond acceptors (Lipinski definition) is 3. The van der Waals surface area contributed by atoms with Crippen LogP contribution in [0.15, 0.2) is 18.2 Å². The molecular weight excluding hydrogens is 284 g/mol. The SMILES string of the molecule is CNCc1c(C)cc(C)nc1Oc1c(C)cc(Cl)cc1C. The minimum absolute atomic E-state index is 0.662. The molecule has 3 nitrogen and oxygen atoms in total. The molecule has 0 spiro atoms. The van der Waals surface area contributed by atoms with Crippen LogP contribution in [0.25, 0.3) is 0 Å². The Balaban J connectivity index is 2.49. The van der Waals surface area contributed by atoms with Crippen LogP contribution in [0.4, 0.5) is 0 Å². The first kappa shape index (κ1) is 15.8. The molecular formula is C17H21ClN2O. The second-order valence-corrected chi connectivity index (χ2v) is 5.80. The lowest BCUT2D eigenvalue weighted by molar-refractivity contribution is 0.445. The van der Waals surface area contributed by atoms with Crippen molar-refractivity contribution < 1.29 is 4.74 Å². The maximum atomic E-state index is 6.13. The Kier molecular flexibility index (Phi) is 4.86. The van der Waals surface area contributed by atoms with Gasteiger partial charge in [0.05, 0.1) is 0 Å². The summed E-state index contributed by atoms with van der Waals surface area (Å²) in [6.07, 6.45) is 0. The van der Waals surface area contributed by atoms with Crippen LogP contribution in [0.2, 0.25) is 5.02 Å². The van der Waals surface area contributed by atoms with E-state index < -0.39 is 0 Å². The van der Waals surface area contributed by atoms with Crippen molar-refractivity contribution in [2.75, 3.05) is 7.05 Å². The van der Waals surface area contributed by atoms with E-state index in [1.165, 1.54) is 5.56 Å². The third-order valence-corrected chi connectivity index (χ3v) is 3.63. The number of aromatic nitrogens is 1. The predicted molar refractivity (Wildman–Crippen MR) is 87.5 cm³/mol. The number of ether oxygens (including phenoxy) is 1. The molecule has 1 aromatic carbocycles. The number of halogens is 1. The Morgan fingerprint density at radius 3 is 2.24 bits per heavy atom. The zero-order chi connectivity index (χ0) is 15.6. The number of rotatable bonds is 4. The van der Waals surface area contributed by atoms with E-state index in [0.717, 1.165) is 39.7 Å². The van der Waals surface area contributed by atoms with Crippen molar-refractivity contribution in [1.29, 1.82) is 0 Å². The molecule has 0 saturated carbocycles. The van der Waals surface area contributed by atoms with Crippen molar-refractivity contribution in [3.63, 3.8) is 0 Å². The molecule has 1 aromatic heterocycles. The zero-order valence-electron chi connectivity index (χ0n) is 13.2. The highest BCUT2D eigenvalue weighted by Gasteiger charge is 2.14. The van der Waals surface area contributed by atoms with Crippen LogP contribution >= 0.6 is 11.6 Å². The van der Waals surface area contributed by atoms with Crippen LogP contribution in [-0.4, -0.2) is 12.0 Å². The Bertz CT molecular complexity index is 645. The van der Waals surface area contributed by atoms with Gasteiger partial charge in [-0.3, -0.25) is 0 Å². The quantitative estimate of drug-likeness (QED) is 0.904. The summed E-state index contributed by atoms with van der Waals surface area (Å²) in [6.45, 7) is 8.77. The molecule has 0 atom stereocenters. The maximum absolute atomic E-state index is 6.13. The Hall–Kier alpha value is -1.58. The lowest BCUT2D eigenvalue weighted by Gasteiger charge is -2.16. The van der Waals surface area contributed by atoms with E-state index in [0.29, 0.717) is 5.88 Å². The highest BCUT2D eigenvalue weighted by atomic mass is 35.5. The molecule has 0 bridgehead atoms. The molecule has 4 heteroatoms. The molecule has 0 aliphatic rings. The monoisotopic (exact) mass is 304 g/mol. The number of pyridine rings is 1. The summed E-state index contributed by atoms with van der Waals surface area (Å²) >= 11 is 6.08. The second-order valence-electron chi connectivity index (χ2n) is 5.37. The molecule has 0 aliphatic carbocycles. The highest BCUT2D eigenvalue weighted by molar-refractivity contribution is 6.30. The normalized spacial score (nSPS) is 10.8. The number of hydrogen-bond donors (Lipinski definition) is 1. The van der Waals surface area contributed by atoms with E-state index >= 15 is 0 Å². The average molecular weight is 305 g/mol. The molecule has 21 heavy (non-hydrogen) atoms. The number of benzene rings is 1. The standard InChI is InChI=1S/C17H21ClN2O/c1-10-6-13(4)20-17(15(10)9-19-5)21-16-11(2)7-14(18)8-12(16)3/h6-8,19H,9H2,1-5H3. The first-order valence-electron chi connectivity index (χ1n) is 6.98. The van der Waals surface area contributed by atoms with Crippen molar-refractivity contribution in [3.05, 3.63) is 51.2 Å². The van der Waals surface area contributed by atoms with Crippen molar-refractivity contribution >= 4 is 11.6 Å². The van der Waals surface area contributed by atoms with E-state index in [4.69, 9.17) is 16.3 Å². The van der Waals surface area contributed by atoms with Crippen molar-refractivity contribution in [1.82, 2.24) is 10.3 Å². The molecule has 0 saturated heterocycles. The summed E-state index contributed by atoms with van der Waals surface area (Å²) in [5.41, 5.74) is 5.23. The van der Waals surface area contributed by atoms with Gasteiger partial charge in [-0.1, -0.05) is 11.6 Å². The van der Waals surface area contributed by atoms with Gasteiger partial charge in [0.25, 0.3) is 0 Å². The van der Waals surface area contributed by atoms with E-state index in [1.807, 2.05) is 40.0 Å². The fourth-order valence-electron chi connectivity index (χ4n) is 2.46.